The van der Waals surface area contributed by atoms with Crippen molar-refractivity contribution in [3.05, 3.63) is 59.6 Å². The zero-order chi connectivity index (χ0) is 19.3. The lowest BCUT2D eigenvalue weighted by atomic mass is 10.2. The van der Waals surface area contributed by atoms with Crippen LogP contribution >= 0.6 is 23.1 Å². The van der Waals surface area contributed by atoms with Gasteiger partial charge in [-0.25, -0.2) is 4.98 Å². The zero-order valence-corrected chi connectivity index (χ0v) is 16.9. The van der Waals surface area contributed by atoms with Crippen LogP contribution < -0.4 is 9.47 Å². The van der Waals surface area contributed by atoms with Crippen LogP contribution in [0, 0.1) is 0 Å². The number of ether oxygens (including phenoxy) is 2. The number of thiazole rings is 1. The molecule has 28 heavy (non-hydrogen) atoms. The van der Waals surface area contributed by atoms with Gasteiger partial charge in [-0.3, -0.25) is 0 Å². The van der Waals surface area contributed by atoms with E-state index < -0.39 is 0 Å². The molecule has 0 saturated heterocycles. The van der Waals surface area contributed by atoms with Crippen molar-refractivity contribution < 1.29 is 9.47 Å². The molecule has 0 atom stereocenters. The van der Waals surface area contributed by atoms with Gasteiger partial charge in [0.2, 0.25) is 5.16 Å². The number of aromatic nitrogens is 5. The van der Waals surface area contributed by atoms with E-state index in [1.165, 1.54) is 0 Å². The molecule has 7 nitrogen and oxygen atoms in total. The molecule has 0 saturated carbocycles. The van der Waals surface area contributed by atoms with Crippen LogP contribution in [0.5, 0.6) is 11.5 Å². The highest BCUT2D eigenvalue weighted by Crippen LogP contribution is 2.35. The SMILES string of the molecule is COc1ccc(-c2nc(CSc3nnnn3-c3ccccc3)cs2)c(OC)c1. The second-order valence-corrected chi connectivity index (χ2v) is 7.51. The van der Waals surface area contributed by atoms with Crippen molar-refractivity contribution in [3.63, 3.8) is 0 Å². The van der Waals surface area contributed by atoms with Crippen LogP contribution in [0.2, 0.25) is 0 Å². The Morgan fingerprint density at radius 2 is 1.93 bits per heavy atom. The molecule has 0 radical (unpaired) electrons. The van der Waals surface area contributed by atoms with E-state index in [1.54, 1.807) is 42.0 Å². The number of thioether (sulfide) groups is 1. The van der Waals surface area contributed by atoms with Crippen molar-refractivity contribution in [2.24, 2.45) is 0 Å². The maximum Gasteiger partial charge on any atom is 0.214 e. The van der Waals surface area contributed by atoms with Gasteiger partial charge in [0.25, 0.3) is 0 Å². The molecule has 0 amide bonds. The van der Waals surface area contributed by atoms with Crippen molar-refractivity contribution >= 4 is 23.1 Å². The third kappa shape index (κ3) is 3.85. The van der Waals surface area contributed by atoms with E-state index in [9.17, 15) is 0 Å². The van der Waals surface area contributed by atoms with E-state index >= 15 is 0 Å². The van der Waals surface area contributed by atoms with Crippen LogP contribution in [0.3, 0.4) is 0 Å². The zero-order valence-electron chi connectivity index (χ0n) is 15.3. The summed E-state index contributed by atoms with van der Waals surface area (Å²) in [7, 11) is 3.28. The van der Waals surface area contributed by atoms with Crippen LogP contribution in [-0.4, -0.2) is 39.4 Å². The van der Waals surface area contributed by atoms with E-state index in [-0.39, 0.29) is 0 Å². The minimum atomic E-state index is 0.669. The van der Waals surface area contributed by atoms with E-state index in [0.717, 1.165) is 38.6 Å². The largest absolute Gasteiger partial charge is 0.497 e. The first-order chi connectivity index (χ1) is 13.8. The van der Waals surface area contributed by atoms with Crippen molar-refractivity contribution in [1.82, 2.24) is 25.2 Å². The Balaban J connectivity index is 1.51. The van der Waals surface area contributed by atoms with Crippen LogP contribution in [0.1, 0.15) is 5.69 Å². The molecule has 4 aromatic rings. The third-order valence-electron chi connectivity index (χ3n) is 3.98. The maximum absolute atomic E-state index is 5.49. The van der Waals surface area contributed by atoms with Gasteiger partial charge in [-0.2, -0.15) is 4.68 Å². The van der Waals surface area contributed by atoms with Gasteiger partial charge in [0.15, 0.2) is 0 Å². The fraction of sp³-hybridized carbons (Fsp3) is 0.158. The number of tetrazole rings is 1. The lowest BCUT2D eigenvalue weighted by molar-refractivity contribution is 0.395. The van der Waals surface area contributed by atoms with E-state index in [2.05, 4.69) is 15.5 Å². The second kappa shape index (κ2) is 8.41. The lowest BCUT2D eigenvalue weighted by Gasteiger charge is -2.08. The molecular weight excluding hydrogens is 394 g/mol. The van der Waals surface area contributed by atoms with Gasteiger partial charge in [-0.1, -0.05) is 30.0 Å². The van der Waals surface area contributed by atoms with Gasteiger partial charge in [-0.15, -0.1) is 16.4 Å². The minimum absolute atomic E-state index is 0.669. The molecule has 9 heteroatoms. The molecule has 2 aromatic carbocycles. The van der Waals surface area contributed by atoms with Crippen LogP contribution in [0.25, 0.3) is 16.3 Å². The summed E-state index contributed by atoms with van der Waals surface area (Å²) in [5.74, 6) is 2.16. The number of nitrogens with zero attached hydrogens (tertiary/aromatic N) is 5. The van der Waals surface area contributed by atoms with Crippen LogP contribution in [0.15, 0.2) is 59.1 Å². The molecule has 0 aliphatic carbocycles. The quantitative estimate of drug-likeness (QED) is 0.424. The van der Waals surface area contributed by atoms with Crippen molar-refractivity contribution in [3.8, 4) is 27.8 Å². The molecule has 2 aromatic heterocycles. The summed E-state index contributed by atoms with van der Waals surface area (Å²) < 4.78 is 12.5. The Kier molecular flexibility index (Phi) is 5.54. The number of rotatable bonds is 7. The Bertz CT molecular complexity index is 1070. The van der Waals surface area contributed by atoms with Gasteiger partial charge < -0.3 is 9.47 Å². The summed E-state index contributed by atoms with van der Waals surface area (Å²) in [6.45, 7) is 0. The Morgan fingerprint density at radius 1 is 1.07 bits per heavy atom. The van der Waals surface area contributed by atoms with E-state index in [0.29, 0.717) is 5.75 Å². The highest BCUT2D eigenvalue weighted by Gasteiger charge is 2.14. The first-order valence-electron chi connectivity index (χ1n) is 8.42. The van der Waals surface area contributed by atoms with E-state index in [1.807, 2.05) is 53.9 Å². The molecule has 0 bridgehead atoms. The number of methoxy groups -OCH3 is 2. The standard InChI is InChI=1S/C19H17N5O2S2/c1-25-15-8-9-16(17(10-15)26-2)18-20-13(11-27-18)12-28-19-21-22-23-24(19)14-6-4-3-5-7-14/h3-11H,12H2,1-2H3. The maximum atomic E-state index is 5.49. The normalized spacial score (nSPS) is 10.8. The average molecular weight is 412 g/mol. The molecule has 2 heterocycles. The van der Waals surface area contributed by atoms with Gasteiger partial charge in [-0.05, 0) is 34.7 Å². The van der Waals surface area contributed by atoms with E-state index in [4.69, 9.17) is 14.5 Å². The fourth-order valence-electron chi connectivity index (χ4n) is 2.61. The number of hydrogen-bond donors (Lipinski definition) is 0. The van der Waals surface area contributed by atoms with Gasteiger partial charge in [0, 0.05) is 17.2 Å². The van der Waals surface area contributed by atoms with Crippen LogP contribution in [-0.2, 0) is 5.75 Å². The highest BCUT2D eigenvalue weighted by atomic mass is 32.2. The summed E-state index contributed by atoms with van der Waals surface area (Å²) in [5.41, 5.74) is 2.83. The summed E-state index contributed by atoms with van der Waals surface area (Å²) in [4.78, 5) is 4.75. The monoisotopic (exact) mass is 411 g/mol. The third-order valence-corrected chi connectivity index (χ3v) is 5.86. The molecule has 4 rings (SSSR count). The van der Waals surface area contributed by atoms with Crippen molar-refractivity contribution in [2.75, 3.05) is 14.2 Å². The average Bonchev–Trinajstić information content (AvgIpc) is 3.41. The topological polar surface area (TPSA) is 75.0 Å². The fourth-order valence-corrected chi connectivity index (χ4v) is 4.35. The predicted octanol–water partition coefficient (Wildman–Crippen LogP) is 4.10. The lowest BCUT2D eigenvalue weighted by Crippen LogP contribution is -1.98. The van der Waals surface area contributed by atoms with Gasteiger partial charge in [0.05, 0.1) is 31.2 Å². The number of hydrogen-bond acceptors (Lipinski definition) is 8. The molecule has 0 aliphatic rings. The summed E-state index contributed by atoms with van der Waals surface area (Å²) >= 11 is 3.13. The predicted molar refractivity (Wildman–Crippen MR) is 109 cm³/mol. The molecular formula is C19H17N5O2S2. The molecule has 142 valence electrons. The Hall–Kier alpha value is -2.91. The highest BCUT2D eigenvalue weighted by molar-refractivity contribution is 7.98. The summed E-state index contributed by atoms with van der Waals surface area (Å²) in [5, 5.41) is 15.7. The smallest absolute Gasteiger partial charge is 0.214 e. The first kappa shape index (κ1) is 18.5. The molecule has 0 fully saturated rings. The van der Waals surface area contributed by atoms with Gasteiger partial charge in [0.1, 0.15) is 16.5 Å². The molecule has 0 N–H and O–H groups in total. The number of para-hydroxylation sites is 1. The van der Waals surface area contributed by atoms with Crippen molar-refractivity contribution in [2.45, 2.75) is 10.9 Å². The van der Waals surface area contributed by atoms with Crippen molar-refractivity contribution in [1.29, 1.82) is 0 Å². The molecule has 0 spiro atoms. The number of benzene rings is 2. The second-order valence-electron chi connectivity index (χ2n) is 5.71. The molecule has 0 unspecified atom stereocenters. The first-order valence-corrected chi connectivity index (χ1v) is 10.3. The Morgan fingerprint density at radius 3 is 2.71 bits per heavy atom. The minimum Gasteiger partial charge on any atom is -0.497 e. The summed E-state index contributed by atoms with van der Waals surface area (Å²) in [6, 6.07) is 15.5. The Labute approximate surface area is 170 Å². The summed E-state index contributed by atoms with van der Waals surface area (Å²) in [6.07, 6.45) is 0. The van der Waals surface area contributed by atoms with Gasteiger partial charge >= 0.3 is 0 Å². The van der Waals surface area contributed by atoms with Crippen LogP contribution in [0.4, 0.5) is 0 Å². The molecule has 0 aliphatic heterocycles.